The van der Waals surface area contributed by atoms with E-state index in [4.69, 9.17) is 4.74 Å². The molecule has 0 saturated carbocycles. The molecule has 2 rings (SSSR count). The fraction of sp³-hybridized carbons (Fsp3) is 0.278. The van der Waals surface area contributed by atoms with E-state index in [-0.39, 0.29) is 12.1 Å². The van der Waals surface area contributed by atoms with Crippen molar-refractivity contribution in [2.75, 3.05) is 11.9 Å². The van der Waals surface area contributed by atoms with Gasteiger partial charge in [-0.25, -0.2) is 4.79 Å². The summed E-state index contributed by atoms with van der Waals surface area (Å²) in [6, 6.07) is 15.5. The van der Waals surface area contributed by atoms with Gasteiger partial charge in [-0.2, -0.15) is 0 Å². The molecule has 2 aromatic carbocycles. The highest BCUT2D eigenvalue weighted by Crippen LogP contribution is 2.20. The predicted octanol–water partition coefficient (Wildman–Crippen LogP) is 4.58. The van der Waals surface area contributed by atoms with Crippen molar-refractivity contribution in [1.82, 2.24) is 5.32 Å². The number of urea groups is 1. The van der Waals surface area contributed by atoms with Crippen molar-refractivity contribution >= 4 is 27.6 Å². The number of anilines is 1. The van der Waals surface area contributed by atoms with Crippen LogP contribution in [0.25, 0.3) is 0 Å². The Morgan fingerprint density at radius 2 is 1.91 bits per heavy atom. The van der Waals surface area contributed by atoms with Gasteiger partial charge in [-0.3, -0.25) is 4.90 Å². The van der Waals surface area contributed by atoms with E-state index in [0.29, 0.717) is 6.61 Å². The number of carbonyl (C=O) groups is 1. The van der Waals surface area contributed by atoms with E-state index in [1.807, 2.05) is 62.4 Å². The van der Waals surface area contributed by atoms with Gasteiger partial charge in [0.25, 0.3) is 0 Å². The highest BCUT2D eigenvalue weighted by atomic mass is 79.9. The number of hydrogen-bond acceptors (Lipinski definition) is 2. The second-order valence-electron chi connectivity index (χ2n) is 5.58. The number of ether oxygens (including phenoxy) is 1. The quantitative estimate of drug-likeness (QED) is 0.829. The molecule has 0 heterocycles. The van der Waals surface area contributed by atoms with Gasteiger partial charge in [0, 0.05) is 23.2 Å². The summed E-state index contributed by atoms with van der Waals surface area (Å²) in [7, 11) is 1.75. The van der Waals surface area contributed by atoms with Crippen LogP contribution in [0.4, 0.5) is 10.5 Å². The molecule has 122 valence electrons. The molecular formula is C18H21BrN2O2. The van der Waals surface area contributed by atoms with Gasteiger partial charge < -0.3 is 10.1 Å². The van der Waals surface area contributed by atoms with Crippen molar-refractivity contribution in [2.24, 2.45) is 0 Å². The van der Waals surface area contributed by atoms with Crippen molar-refractivity contribution in [3.63, 3.8) is 0 Å². The third kappa shape index (κ3) is 5.28. The van der Waals surface area contributed by atoms with Crippen LogP contribution in [0.2, 0.25) is 0 Å². The van der Waals surface area contributed by atoms with Crippen molar-refractivity contribution in [3.8, 4) is 5.75 Å². The molecule has 23 heavy (non-hydrogen) atoms. The van der Waals surface area contributed by atoms with Gasteiger partial charge in [0.2, 0.25) is 0 Å². The molecule has 0 atom stereocenters. The van der Waals surface area contributed by atoms with Crippen LogP contribution in [0.3, 0.4) is 0 Å². The number of rotatable bonds is 5. The molecule has 5 heteroatoms. The number of carbonyl (C=O) groups excluding carboxylic acids is 1. The Labute approximate surface area is 145 Å². The van der Waals surface area contributed by atoms with E-state index in [0.717, 1.165) is 21.5 Å². The summed E-state index contributed by atoms with van der Waals surface area (Å²) in [5.41, 5.74) is 1.91. The first-order chi connectivity index (χ1) is 11.0. The third-order valence-corrected chi connectivity index (χ3v) is 3.73. The normalized spacial score (nSPS) is 10.5. The van der Waals surface area contributed by atoms with E-state index in [1.54, 1.807) is 11.9 Å². The van der Waals surface area contributed by atoms with Crippen LogP contribution in [0.1, 0.15) is 19.4 Å². The van der Waals surface area contributed by atoms with E-state index in [2.05, 4.69) is 21.2 Å². The Balaban J connectivity index is 1.95. The lowest BCUT2D eigenvalue weighted by atomic mass is 10.2. The maximum absolute atomic E-state index is 12.0. The summed E-state index contributed by atoms with van der Waals surface area (Å²) in [4.78, 5) is 13.5. The van der Waals surface area contributed by atoms with Crippen LogP contribution in [-0.4, -0.2) is 19.1 Å². The first-order valence-electron chi connectivity index (χ1n) is 7.47. The minimum Gasteiger partial charge on any atom is -0.489 e. The van der Waals surface area contributed by atoms with Gasteiger partial charge in [0.05, 0.1) is 0 Å². The maximum atomic E-state index is 12.0. The molecule has 0 saturated heterocycles. The van der Waals surface area contributed by atoms with Crippen LogP contribution < -0.4 is 15.0 Å². The molecule has 0 aliphatic rings. The summed E-state index contributed by atoms with van der Waals surface area (Å²) in [6.07, 6.45) is 0. The highest BCUT2D eigenvalue weighted by Gasteiger charge is 2.11. The lowest BCUT2D eigenvalue weighted by molar-refractivity contribution is 0.245. The number of nitrogens with one attached hydrogen (secondary N) is 1. The lowest BCUT2D eigenvalue weighted by Crippen LogP contribution is -2.40. The highest BCUT2D eigenvalue weighted by molar-refractivity contribution is 9.10. The van der Waals surface area contributed by atoms with Crippen LogP contribution >= 0.6 is 15.9 Å². The molecule has 0 radical (unpaired) electrons. The Bertz CT molecular complexity index is 656. The molecule has 0 aromatic heterocycles. The summed E-state index contributed by atoms with van der Waals surface area (Å²) in [5, 5.41) is 2.86. The summed E-state index contributed by atoms with van der Waals surface area (Å²) in [6.45, 7) is 4.37. The Hall–Kier alpha value is -2.01. The summed E-state index contributed by atoms with van der Waals surface area (Å²) >= 11 is 3.45. The van der Waals surface area contributed by atoms with Gasteiger partial charge >= 0.3 is 6.03 Å². The number of nitrogens with zero attached hydrogens (tertiary/aromatic N) is 1. The first-order valence-corrected chi connectivity index (χ1v) is 8.26. The molecule has 4 nitrogen and oxygen atoms in total. The SMILES string of the molecule is CC(C)NC(=O)N(C)c1ccc(OCc2cccc(Br)c2)cc1. The van der Waals surface area contributed by atoms with E-state index < -0.39 is 0 Å². The van der Waals surface area contributed by atoms with Crippen molar-refractivity contribution in [2.45, 2.75) is 26.5 Å². The van der Waals surface area contributed by atoms with Crippen LogP contribution in [-0.2, 0) is 6.61 Å². The second-order valence-corrected chi connectivity index (χ2v) is 6.49. The standard InChI is InChI=1S/C18H21BrN2O2/c1-13(2)20-18(22)21(3)16-7-9-17(10-8-16)23-12-14-5-4-6-15(19)11-14/h4-11,13H,12H2,1-3H3,(H,20,22). The monoisotopic (exact) mass is 376 g/mol. The average molecular weight is 377 g/mol. The topological polar surface area (TPSA) is 41.6 Å². The molecule has 0 fully saturated rings. The van der Waals surface area contributed by atoms with Crippen molar-refractivity contribution < 1.29 is 9.53 Å². The number of benzene rings is 2. The molecule has 0 unspecified atom stereocenters. The fourth-order valence-electron chi connectivity index (χ4n) is 2.02. The van der Waals surface area contributed by atoms with E-state index in [9.17, 15) is 4.79 Å². The molecule has 2 amide bonds. The Morgan fingerprint density at radius 3 is 2.52 bits per heavy atom. The second kappa shape index (κ2) is 8.02. The molecule has 0 spiro atoms. The zero-order valence-electron chi connectivity index (χ0n) is 13.5. The zero-order chi connectivity index (χ0) is 16.8. The predicted molar refractivity (Wildman–Crippen MR) is 97.0 cm³/mol. The average Bonchev–Trinajstić information content (AvgIpc) is 2.52. The molecule has 0 bridgehead atoms. The smallest absolute Gasteiger partial charge is 0.321 e. The summed E-state index contributed by atoms with van der Waals surface area (Å²) < 4.78 is 6.80. The Kier molecular flexibility index (Phi) is 6.04. The Morgan fingerprint density at radius 1 is 1.22 bits per heavy atom. The maximum Gasteiger partial charge on any atom is 0.321 e. The number of hydrogen-bond donors (Lipinski definition) is 1. The van der Waals surface area contributed by atoms with Gasteiger partial charge in [0.1, 0.15) is 12.4 Å². The lowest BCUT2D eigenvalue weighted by Gasteiger charge is -2.20. The van der Waals surface area contributed by atoms with Crippen LogP contribution in [0, 0.1) is 0 Å². The fourth-order valence-corrected chi connectivity index (χ4v) is 2.47. The van der Waals surface area contributed by atoms with Crippen molar-refractivity contribution in [3.05, 3.63) is 58.6 Å². The van der Waals surface area contributed by atoms with Gasteiger partial charge in [-0.1, -0.05) is 28.1 Å². The largest absolute Gasteiger partial charge is 0.489 e. The molecule has 0 aliphatic carbocycles. The van der Waals surface area contributed by atoms with Crippen LogP contribution in [0.5, 0.6) is 5.75 Å². The van der Waals surface area contributed by atoms with E-state index >= 15 is 0 Å². The van der Waals surface area contributed by atoms with Crippen LogP contribution in [0.15, 0.2) is 53.0 Å². The van der Waals surface area contributed by atoms with Gasteiger partial charge in [-0.15, -0.1) is 0 Å². The third-order valence-electron chi connectivity index (χ3n) is 3.24. The van der Waals surface area contributed by atoms with Crippen molar-refractivity contribution in [1.29, 1.82) is 0 Å². The first kappa shape index (κ1) is 17.3. The minimum absolute atomic E-state index is 0.109. The molecule has 2 aromatic rings. The van der Waals surface area contributed by atoms with Gasteiger partial charge in [-0.05, 0) is 55.8 Å². The number of amides is 2. The zero-order valence-corrected chi connectivity index (χ0v) is 15.1. The van der Waals surface area contributed by atoms with Gasteiger partial charge in [0.15, 0.2) is 0 Å². The molecule has 0 aliphatic heterocycles. The summed E-state index contributed by atoms with van der Waals surface area (Å²) in [5.74, 6) is 0.770. The molecule has 1 N–H and O–H groups in total. The van der Waals surface area contributed by atoms with E-state index in [1.165, 1.54) is 0 Å². The minimum atomic E-state index is -0.122. The number of halogens is 1. The molecular weight excluding hydrogens is 356 g/mol.